The molecule has 210 valence electrons. The van der Waals surface area contributed by atoms with E-state index < -0.39 is 29.8 Å². The van der Waals surface area contributed by atoms with Crippen LogP contribution in [0.1, 0.15) is 36.5 Å². The molecule has 2 atom stereocenters. The molecular weight excluding hydrogens is 508 g/mol. The van der Waals surface area contributed by atoms with Gasteiger partial charge in [-0.1, -0.05) is 72.8 Å². The van der Waals surface area contributed by atoms with E-state index in [1.165, 1.54) is 6.92 Å². The van der Waals surface area contributed by atoms with Crippen molar-refractivity contribution in [2.45, 2.75) is 51.4 Å². The number of nitrogens with two attached hydrogens (primary N) is 1. The second kappa shape index (κ2) is 15.9. The van der Waals surface area contributed by atoms with Gasteiger partial charge < -0.3 is 26.4 Å². The molecule has 0 aliphatic rings. The van der Waals surface area contributed by atoms with Gasteiger partial charge in [0.05, 0.1) is 19.1 Å². The molecule has 0 bridgehead atoms. The van der Waals surface area contributed by atoms with Gasteiger partial charge in [0.2, 0.25) is 17.7 Å². The molecule has 0 heterocycles. The van der Waals surface area contributed by atoms with Gasteiger partial charge in [-0.2, -0.15) is 0 Å². The average molecular weight is 545 g/mol. The lowest BCUT2D eigenvalue weighted by atomic mass is 10.0. The largest absolute Gasteiger partial charge is 0.369 e. The summed E-state index contributed by atoms with van der Waals surface area (Å²) in [5, 5.41) is 8.00. The zero-order valence-electron chi connectivity index (χ0n) is 22.6. The normalized spacial score (nSPS) is 12.2. The van der Waals surface area contributed by atoms with Gasteiger partial charge in [-0.05, 0) is 41.7 Å². The maximum Gasteiger partial charge on any atom is 0.243 e. The number of ether oxygens (including phenoxy) is 1. The Labute approximate surface area is 234 Å². The Morgan fingerprint density at radius 3 is 2.10 bits per heavy atom. The fourth-order valence-electron chi connectivity index (χ4n) is 4.11. The Morgan fingerprint density at radius 1 is 0.800 bits per heavy atom. The molecule has 9 heteroatoms. The maximum absolute atomic E-state index is 13.3. The van der Waals surface area contributed by atoms with E-state index in [9.17, 15) is 19.2 Å². The first-order valence-electron chi connectivity index (χ1n) is 13.2. The molecule has 0 radical (unpaired) electrons. The van der Waals surface area contributed by atoms with Crippen molar-refractivity contribution in [3.63, 3.8) is 0 Å². The van der Waals surface area contributed by atoms with E-state index in [0.717, 1.165) is 16.7 Å². The number of carbonyl (C=O) groups excluding carboxylic acids is 4. The number of carbonyl (C=O) groups is 4. The van der Waals surface area contributed by atoms with Crippen molar-refractivity contribution in [3.05, 3.63) is 102 Å². The van der Waals surface area contributed by atoms with Crippen molar-refractivity contribution in [1.29, 1.82) is 0 Å². The summed E-state index contributed by atoms with van der Waals surface area (Å²) in [7, 11) is 0. The molecule has 3 rings (SSSR count). The van der Waals surface area contributed by atoms with Gasteiger partial charge in [-0.15, -0.1) is 0 Å². The number of benzene rings is 3. The Hall–Kier alpha value is -4.34. The Morgan fingerprint density at radius 2 is 1.45 bits per heavy atom. The van der Waals surface area contributed by atoms with E-state index in [4.69, 9.17) is 10.5 Å². The third kappa shape index (κ3) is 10.4. The molecule has 1 unspecified atom stereocenters. The molecular formula is C31H36N4O5. The van der Waals surface area contributed by atoms with E-state index in [1.54, 1.807) is 18.2 Å². The molecule has 3 aromatic carbocycles. The first kappa shape index (κ1) is 30.2. The molecule has 40 heavy (non-hydrogen) atoms. The van der Waals surface area contributed by atoms with Crippen molar-refractivity contribution in [2.75, 3.05) is 11.9 Å². The van der Waals surface area contributed by atoms with E-state index in [0.29, 0.717) is 25.1 Å². The van der Waals surface area contributed by atoms with Crippen LogP contribution < -0.4 is 21.7 Å². The molecule has 0 saturated carbocycles. The number of anilines is 1. The number of aryl methyl sites for hydroxylation is 1. The average Bonchev–Trinajstić information content (AvgIpc) is 2.95. The number of hydrogen-bond acceptors (Lipinski definition) is 6. The summed E-state index contributed by atoms with van der Waals surface area (Å²) < 4.78 is 5.63. The first-order valence-corrected chi connectivity index (χ1v) is 13.2. The summed E-state index contributed by atoms with van der Waals surface area (Å²) >= 11 is 0. The second-order valence-corrected chi connectivity index (χ2v) is 9.44. The second-order valence-electron chi connectivity index (χ2n) is 9.44. The third-order valence-corrected chi connectivity index (χ3v) is 6.16. The standard InChI is InChI=1S/C31H36N4O5/c1-22(36)33-28(18-30(38)34-26-14-8-13-25(17-26)19-32)31(39)35-27(16-15-23-9-4-2-5-10-23)29(37)21-40-20-24-11-6-3-7-12-24/h2-14,17,27-28H,15-16,18-21,32H2,1H3,(H,33,36)(H,34,38)(H,35,39)/t27?,28-/m0/s1. The van der Waals surface area contributed by atoms with Crippen LogP contribution in [-0.2, 0) is 43.5 Å². The van der Waals surface area contributed by atoms with Crippen molar-refractivity contribution in [3.8, 4) is 0 Å². The van der Waals surface area contributed by atoms with Crippen molar-refractivity contribution in [2.24, 2.45) is 5.73 Å². The molecule has 3 aromatic rings. The van der Waals surface area contributed by atoms with Crippen LogP contribution in [0.25, 0.3) is 0 Å². The Balaban J connectivity index is 1.66. The smallest absolute Gasteiger partial charge is 0.243 e. The number of amides is 3. The molecule has 0 spiro atoms. The van der Waals surface area contributed by atoms with E-state index in [1.807, 2.05) is 66.7 Å². The molecule has 0 saturated heterocycles. The SMILES string of the molecule is CC(=O)N[C@@H](CC(=O)Nc1cccc(CN)c1)C(=O)NC(CCc1ccccc1)C(=O)COCc1ccccc1. The van der Waals surface area contributed by atoms with Gasteiger partial charge in [0.1, 0.15) is 12.6 Å². The van der Waals surface area contributed by atoms with Gasteiger partial charge in [0.15, 0.2) is 5.78 Å². The van der Waals surface area contributed by atoms with Gasteiger partial charge in [-0.3, -0.25) is 19.2 Å². The van der Waals surface area contributed by atoms with E-state index in [-0.39, 0.29) is 25.4 Å². The highest BCUT2D eigenvalue weighted by molar-refractivity contribution is 5.98. The summed E-state index contributed by atoms with van der Waals surface area (Å²) in [6.07, 6.45) is 0.551. The van der Waals surface area contributed by atoms with Crippen LogP contribution in [0.5, 0.6) is 0 Å². The highest BCUT2D eigenvalue weighted by Gasteiger charge is 2.28. The van der Waals surface area contributed by atoms with Gasteiger partial charge in [0.25, 0.3) is 0 Å². The third-order valence-electron chi connectivity index (χ3n) is 6.16. The summed E-state index contributed by atoms with van der Waals surface area (Å²) in [6.45, 7) is 1.63. The summed E-state index contributed by atoms with van der Waals surface area (Å²) in [4.78, 5) is 51.0. The van der Waals surface area contributed by atoms with Crippen molar-refractivity contribution in [1.82, 2.24) is 10.6 Å². The molecule has 9 nitrogen and oxygen atoms in total. The number of Topliss-reactive ketones (excluding diaryl/α,β-unsaturated/α-hetero) is 1. The van der Waals surface area contributed by atoms with Crippen LogP contribution in [0, 0.1) is 0 Å². The first-order chi connectivity index (χ1) is 19.3. The van der Waals surface area contributed by atoms with Gasteiger partial charge in [-0.25, -0.2) is 0 Å². The number of hydrogen-bond donors (Lipinski definition) is 4. The molecule has 3 amide bonds. The van der Waals surface area contributed by atoms with Gasteiger partial charge >= 0.3 is 0 Å². The highest BCUT2D eigenvalue weighted by Crippen LogP contribution is 2.12. The predicted octanol–water partition coefficient (Wildman–Crippen LogP) is 2.88. The zero-order valence-corrected chi connectivity index (χ0v) is 22.6. The van der Waals surface area contributed by atoms with Gasteiger partial charge in [0, 0.05) is 19.2 Å². The summed E-state index contributed by atoms with van der Waals surface area (Å²) in [6, 6.07) is 24.1. The molecule has 5 N–H and O–H groups in total. The van der Waals surface area contributed by atoms with Crippen LogP contribution in [0.4, 0.5) is 5.69 Å². The minimum absolute atomic E-state index is 0.197. The van der Waals surface area contributed by atoms with Crippen LogP contribution >= 0.6 is 0 Å². The van der Waals surface area contributed by atoms with E-state index in [2.05, 4.69) is 16.0 Å². The van der Waals surface area contributed by atoms with Crippen molar-refractivity contribution >= 4 is 29.2 Å². The Kier molecular flexibility index (Phi) is 12.0. The molecule has 0 aromatic heterocycles. The summed E-state index contributed by atoms with van der Waals surface area (Å²) in [5.74, 6) is -1.88. The lowest BCUT2D eigenvalue weighted by Gasteiger charge is -2.22. The molecule has 0 aliphatic carbocycles. The Bertz CT molecular complexity index is 1270. The lowest BCUT2D eigenvalue weighted by Crippen LogP contribution is -2.53. The topological polar surface area (TPSA) is 140 Å². The maximum atomic E-state index is 13.3. The minimum Gasteiger partial charge on any atom is -0.369 e. The molecule has 0 fully saturated rings. The highest BCUT2D eigenvalue weighted by atomic mass is 16.5. The monoisotopic (exact) mass is 544 g/mol. The lowest BCUT2D eigenvalue weighted by molar-refractivity contribution is -0.133. The van der Waals surface area contributed by atoms with Crippen molar-refractivity contribution < 1.29 is 23.9 Å². The fourth-order valence-corrected chi connectivity index (χ4v) is 4.11. The number of ketones is 1. The fraction of sp³-hybridized carbons (Fsp3) is 0.290. The van der Waals surface area contributed by atoms with Crippen LogP contribution in [0.3, 0.4) is 0 Å². The van der Waals surface area contributed by atoms with E-state index >= 15 is 0 Å². The van der Waals surface area contributed by atoms with Crippen LogP contribution in [0.15, 0.2) is 84.9 Å². The number of rotatable bonds is 15. The minimum atomic E-state index is -1.17. The zero-order chi connectivity index (χ0) is 28.7. The quantitative estimate of drug-likeness (QED) is 0.232. The summed E-state index contributed by atoms with van der Waals surface area (Å²) in [5.41, 5.74) is 8.97. The number of nitrogens with one attached hydrogen (secondary N) is 3. The predicted molar refractivity (Wildman–Crippen MR) is 153 cm³/mol. The van der Waals surface area contributed by atoms with Crippen LogP contribution in [-0.4, -0.2) is 42.2 Å². The molecule has 0 aliphatic heterocycles. The van der Waals surface area contributed by atoms with Crippen LogP contribution in [0.2, 0.25) is 0 Å².